The number of rotatable bonds is 6. The lowest BCUT2D eigenvalue weighted by Crippen LogP contribution is -2.28. The van der Waals surface area contributed by atoms with Crippen LogP contribution in [0.2, 0.25) is 0 Å². The largest absolute Gasteiger partial charge is 0.484 e. The van der Waals surface area contributed by atoms with Crippen LogP contribution in [0.25, 0.3) is 0 Å². The fourth-order valence-electron chi connectivity index (χ4n) is 1.79. The van der Waals surface area contributed by atoms with Crippen molar-refractivity contribution in [3.05, 3.63) is 59.9 Å². The molecule has 0 aliphatic rings. The molecule has 23 heavy (non-hydrogen) atoms. The average Bonchev–Trinajstić information content (AvgIpc) is 2.52. The molecule has 2 aromatic rings. The van der Waals surface area contributed by atoms with Gasteiger partial charge in [-0.1, -0.05) is 12.1 Å². The first-order valence-electron chi connectivity index (χ1n) is 6.79. The maximum atomic E-state index is 12.8. The van der Waals surface area contributed by atoms with E-state index in [0.717, 1.165) is 11.8 Å². The summed E-state index contributed by atoms with van der Waals surface area (Å²) >= 11 is 0. The lowest BCUT2D eigenvalue weighted by Gasteiger charge is -2.08. The van der Waals surface area contributed by atoms with Crippen molar-refractivity contribution in [2.75, 3.05) is 12.9 Å². The molecular weight excluding hydrogens is 321 g/mol. The molecule has 0 fully saturated rings. The molecule has 0 radical (unpaired) electrons. The van der Waals surface area contributed by atoms with Gasteiger partial charge >= 0.3 is 0 Å². The zero-order valence-electron chi connectivity index (χ0n) is 12.5. The summed E-state index contributed by atoms with van der Waals surface area (Å²) in [4.78, 5) is 11.9. The van der Waals surface area contributed by atoms with Crippen LogP contribution >= 0.6 is 0 Å². The number of amides is 1. The molecule has 0 bridgehead atoms. The van der Waals surface area contributed by atoms with Crippen LogP contribution in [0, 0.1) is 5.82 Å². The van der Waals surface area contributed by atoms with Gasteiger partial charge in [0.2, 0.25) is 0 Å². The molecule has 122 valence electrons. The molecule has 7 heteroatoms. The van der Waals surface area contributed by atoms with E-state index in [1.54, 1.807) is 12.1 Å². The van der Waals surface area contributed by atoms with Gasteiger partial charge in [0.25, 0.3) is 5.91 Å². The number of carbonyl (C=O) groups is 1. The van der Waals surface area contributed by atoms with E-state index < -0.39 is 9.84 Å². The van der Waals surface area contributed by atoms with Crippen LogP contribution in [-0.4, -0.2) is 27.2 Å². The number of carbonyl (C=O) groups excluding carboxylic acids is 1. The van der Waals surface area contributed by atoms with E-state index in [-0.39, 0.29) is 29.8 Å². The highest BCUT2D eigenvalue weighted by molar-refractivity contribution is 7.90. The second-order valence-electron chi connectivity index (χ2n) is 4.94. The molecule has 1 amide bonds. The average molecular weight is 337 g/mol. The van der Waals surface area contributed by atoms with Crippen LogP contribution in [0.3, 0.4) is 0 Å². The van der Waals surface area contributed by atoms with E-state index in [9.17, 15) is 17.6 Å². The predicted octanol–water partition coefficient (Wildman–Crippen LogP) is 1.92. The molecule has 0 atom stereocenters. The summed E-state index contributed by atoms with van der Waals surface area (Å²) in [6.45, 7) is 0.0783. The third kappa shape index (κ3) is 5.37. The summed E-state index contributed by atoms with van der Waals surface area (Å²) in [5, 5.41) is 2.64. The van der Waals surface area contributed by atoms with E-state index in [1.807, 2.05) is 0 Å². The normalized spacial score (nSPS) is 11.0. The molecule has 0 saturated heterocycles. The first kappa shape index (κ1) is 17.0. The minimum absolute atomic E-state index is 0.186. The predicted molar refractivity (Wildman–Crippen MR) is 83.3 cm³/mol. The fraction of sp³-hybridized carbons (Fsp3) is 0.188. The molecule has 0 spiro atoms. The Balaban J connectivity index is 1.81. The number of ether oxygens (including phenoxy) is 1. The van der Waals surface area contributed by atoms with E-state index in [2.05, 4.69) is 5.32 Å². The molecule has 0 aromatic heterocycles. The first-order chi connectivity index (χ1) is 10.8. The van der Waals surface area contributed by atoms with Gasteiger partial charge in [-0.05, 0) is 42.0 Å². The van der Waals surface area contributed by atoms with Crippen molar-refractivity contribution >= 4 is 15.7 Å². The SMILES string of the molecule is CS(=O)(=O)c1ccc(OCC(=O)NCc2ccc(F)cc2)cc1. The molecule has 2 aromatic carbocycles. The van der Waals surface area contributed by atoms with E-state index >= 15 is 0 Å². The Morgan fingerprint density at radius 3 is 2.26 bits per heavy atom. The van der Waals surface area contributed by atoms with Crippen LogP contribution in [0.5, 0.6) is 5.75 Å². The quantitative estimate of drug-likeness (QED) is 0.874. The van der Waals surface area contributed by atoms with Crippen LogP contribution < -0.4 is 10.1 Å². The zero-order chi connectivity index (χ0) is 16.9. The summed E-state index contributed by atoms with van der Waals surface area (Å²) < 4.78 is 40.7. The molecule has 0 aliphatic carbocycles. The van der Waals surface area contributed by atoms with Gasteiger partial charge < -0.3 is 10.1 Å². The highest BCUT2D eigenvalue weighted by atomic mass is 32.2. The molecule has 0 saturated carbocycles. The van der Waals surface area contributed by atoms with Gasteiger partial charge in [-0.25, -0.2) is 12.8 Å². The van der Waals surface area contributed by atoms with Crippen molar-refractivity contribution < 1.29 is 22.3 Å². The number of hydrogen-bond acceptors (Lipinski definition) is 4. The Hall–Kier alpha value is -2.41. The van der Waals surface area contributed by atoms with E-state index in [4.69, 9.17) is 4.74 Å². The van der Waals surface area contributed by atoms with Crippen molar-refractivity contribution in [1.82, 2.24) is 5.32 Å². The topological polar surface area (TPSA) is 72.5 Å². The Kier molecular flexibility index (Phi) is 5.33. The van der Waals surface area contributed by atoms with Gasteiger partial charge in [0.05, 0.1) is 4.90 Å². The molecular formula is C16H16FNO4S. The second kappa shape index (κ2) is 7.23. The third-order valence-corrected chi connectivity index (χ3v) is 4.15. The van der Waals surface area contributed by atoms with E-state index in [0.29, 0.717) is 5.75 Å². The van der Waals surface area contributed by atoms with Crippen LogP contribution in [0.15, 0.2) is 53.4 Å². The van der Waals surface area contributed by atoms with Crippen LogP contribution in [0.1, 0.15) is 5.56 Å². The maximum Gasteiger partial charge on any atom is 0.258 e. The number of sulfone groups is 1. The van der Waals surface area contributed by atoms with Gasteiger partial charge in [0.15, 0.2) is 16.4 Å². The molecule has 5 nitrogen and oxygen atoms in total. The van der Waals surface area contributed by atoms with Gasteiger partial charge in [0, 0.05) is 12.8 Å². The van der Waals surface area contributed by atoms with Crippen LogP contribution in [0.4, 0.5) is 4.39 Å². The third-order valence-electron chi connectivity index (χ3n) is 3.02. The Labute approximate surface area is 134 Å². The molecule has 2 rings (SSSR count). The first-order valence-corrected chi connectivity index (χ1v) is 8.68. The summed E-state index contributed by atoms with van der Waals surface area (Å²) in [6, 6.07) is 11.6. The van der Waals surface area contributed by atoms with Crippen molar-refractivity contribution in [1.29, 1.82) is 0 Å². The van der Waals surface area contributed by atoms with Crippen molar-refractivity contribution in [2.45, 2.75) is 11.4 Å². The molecule has 0 unspecified atom stereocenters. The smallest absolute Gasteiger partial charge is 0.258 e. The standard InChI is InChI=1S/C16H16FNO4S/c1-23(20,21)15-8-6-14(7-9-15)22-11-16(19)18-10-12-2-4-13(17)5-3-12/h2-9H,10-11H2,1H3,(H,18,19). The highest BCUT2D eigenvalue weighted by Crippen LogP contribution is 2.15. The van der Waals surface area contributed by atoms with Gasteiger partial charge in [-0.15, -0.1) is 0 Å². The highest BCUT2D eigenvalue weighted by Gasteiger charge is 2.07. The minimum Gasteiger partial charge on any atom is -0.484 e. The number of halogens is 1. The van der Waals surface area contributed by atoms with Crippen molar-refractivity contribution in [3.8, 4) is 5.75 Å². The van der Waals surface area contributed by atoms with Gasteiger partial charge in [-0.2, -0.15) is 0 Å². The number of hydrogen-bond donors (Lipinski definition) is 1. The molecule has 0 aliphatic heterocycles. The lowest BCUT2D eigenvalue weighted by molar-refractivity contribution is -0.123. The van der Waals surface area contributed by atoms with Crippen molar-refractivity contribution in [2.24, 2.45) is 0 Å². The minimum atomic E-state index is -3.25. The summed E-state index contributed by atoms with van der Waals surface area (Å²) in [6.07, 6.45) is 1.12. The van der Waals surface area contributed by atoms with Gasteiger partial charge in [-0.3, -0.25) is 4.79 Å². The molecule has 0 heterocycles. The summed E-state index contributed by atoms with van der Waals surface area (Å²) in [5.74, 6) is -0.267. The van der Waals surface area contributed by atoms with Gasteiger partial charge in [0.1, 0.15) is 11.6 Å². The summed E-state index contributed by atoms with van der Waals surface area (Å²) in [7, 11) is -3.25. The lowest BCUT2D eigenvalue weighted by atomic mass is 10.2. The van der Waals surface area contributed by atoms with Crippen molar-refractivity contribution in [3.63, 3.8) is 0 Å². The Bertz CT molecular complexity index is 771. The fourth-order valence-corrected chi connectivity index (χ4v) is 2.42. The monoisotopic (exact) mass is 337 g/mol. The Morgan fingerprint density at radius 1 is 1.09 bits per heavy atom. The number of benzene rings is 2. The molecule has 1 N–H and O–H groups in total. The zero-order valence-corrected chi connectivity index (χ0v) is 13.3. The maximum absolute atomic E-state index is 12.8. The number of nitrogens with one attached hydrogen (secondary N) is 1. The van der Waals surface area contributed by atoms with Crippen LogP contribution in [-0.2, 0) is 21.2 Å². The Morgan fingerprint density at radius 2 is 1.70 bits per heavy atom. The van der Waals surface area contributed by atoms with E-state index in [1.165, 1.54) is 36.4 Å². The second-order valence-corrected chi connectivity index (χ2v) is 6.95. The summed E-state index contributed by atoms with van der Waals surface area (Å²) in [5.41, 5.74) is 0.775.